The highest BCUT2D eigenvalue weighted by Gasteiger charge is 2.28. The Labute approximate surface area is 191 Å². The Bertz CT molecular complexity index is 845. The number of aliphatic carboxylic acids is 1. The van der Waals surface area contributed by atoms with Crippen LogP contribution in [0.5, 0.6) is 0 Å². The van der Waals surface area contributed by atoms with E-state index in [0.717, 1.165) is 0 Å². The average Bonchev–Trinajstić information content (AvgIpc) is 2.70. The molecule has 0 bridgehead atoms. The number of rotatable bonds is 13. The monoisotopic (exact) mass is 491 g/mol. The van der Waals surface area contributed by atoms with Gasteiger partial charge in [-0.2, -0.15) is 0 Å². The molecule has 0 radical (unpaired) electrons. The van der Waals surface area contributed by atoms with Crippen molar-refractivity contribution in [1.82, 2.24) is 0 Å². The van der Waals surface area contributed by atoms with Crippen LogP contribution in [0.15, 0.2) is 0 Å². The first-order valence-corrected chi connectivity index (χ1v) is 9.41. The van der Waals surface area contributed by atoms with Crippen molar-refractivity contribution in [3.63, 3.8) is 0 Å². The van der Waals surface area contributed by atoms with Gasteiger partial charge in [0.15, 0.2) is 0 Å². The first kappa shape index (κ1) is 30.2. The molecule has 0 aliphatic heterocycles. The lowest BCUT2D eigenvalue weighted by molar-refractivity contribution is -0.167. The van der Waals surface area contributed by atoms with Gasteiger partial charge in [0.1, 0.15) is 24.2 Å². The van der Waals surface area contributed by atoms with Gasteiger partial charge in [0.05, 0.1) is 19.3 Å². The molecule has 1 amide bonds. The molecule has 34 heavy (non-hydrogen) atoms. The number of hydrogen-bond acceptors (Lipinski definition) is 15. The van der Waals surface area contributed by atoms with E-state index in [1.165, 1.54) is 0 Å². The minimum Gasteiger partial charge on any atom is -0.480 e. The van der Waals surface area contributed by atoms with Crippen molar-refractivity contribution in [3.05, 3.63) is 0 Å². The van der Waals surface area contributed by atoms with E-state index in [-0.39, 0.29) is 0 Å². The first-order chi connectivity index (χ1) is 15.6. The highest BCUT2D eigenvalue weighted by atomic mass is 16.6. The lowest BCUT2D eigenvalue weighted by Gasteiger charge is -2.12. The average molecular weight is 491 g/mol. The summed E-state index contributed by atoms with van der Waals surface area (Å²) in [4.78, 5) is 90.8. The first-order valence-electron chi connectivity index (χ1n) is 9.41. The maximum atomic E-state index is 11.7. The summed E-state index contributed by atoms with van der Waals surface area (Å²) < 4.78 is 13.0. The zero-order valence-corrected chi connectivity index (χ0v) is 17.7. The molecule has 0 unspecified atom stereocenters. The van der Waals surface area contributed by atoms with E-state index in [9.17, 15) is 38.4 Å². The number of carboxylic acid groups (broad SMARTS) is 1. The van der Waals surface area contributed by atoms with Crippen molar-refractivity contribution in [3.8, 4) is 0 Å². The Morgan fingerprint density at radius 3 is 1.53 bits per heavy atom. The van der Waals surface area contributed by atoms with Crippen molar-refractivity contribution in [1.29, 1.82) is 0 Å². The van der Waals surface area contributed by atoms with Crippen LogP contribution in [-0.2, 0) is 52.6 Å². The number of carbonyl (C=O) groups is 8. The van der Waals surface area contributed by atoms with Gasteiger partial charge in [0.2, 0.25) is 5.91 Å². The van der Waals surface area contributed by atoms with Crippen LogP contribution in [0, 0.1) is 0 Å². The quantitative estimate of drug-likeness (QED) is 0.0797. The molecule has 0 aromatic carbocycles. The minimum atomic E-state index is -1.72. The molecule has 0 aromatic heterocycles. The Kier molecular flexibility index (Phi) is 12.8. The number of esters is 6. The second-order valence-corrected chi connectivity index (χ2v) is 6.76. The summed E-state index contributed by atoms with van der Waals surface area (Å²) in [5.41, 5.74) is 26.0. The lowest BCUT2D eigenvalue weighted by atomic mass is 10.1. The van der Waals surface area contributed by atoms with Crippen LogP contribution < -0.4 is 28.7 Å². The van der Waals surface area contributed by atoms with E-state index in [1.807, 2.05) is 0 Å². The number of ether oxygens (including phenoxy) is 3. The molecule has 0 heterocycles. The molecule has 0 saturated heterocycles. The van der Waals surface area contributed by atoms with E-state index < -0.39 is 104 Å². The topological polar surface area (TPSA) is 315 Å². The predicted molar refractivity (Wildman–Crippen MR) is 105 cm³/mol. The van der Waals surface area contributed by atoms with Gasteiger partial charge < -0.3 is 48.0 Å². The number of nitrogens with two attached hydrogens (primary N) is 5. The van der Waals surface area contributed by atoms with Crippen LogP contribution in [-0.4, -0.2) is 77.0 Å². The lowest BCUT2D eigenvalue weighted by Crippen LogP contribution is -2.42. The molecule has 11 N–H and O–H groups in total. The van der Waals surface area contributed by atoms with Gasteiger partial charge in [-0.3, -0.25) is 24.0 Å². The molecule has 0 rings (SSSR count). The van der Waals surface area contributed by atoms with E-state index in [2.05, 4.69) is 14.2 Å². The molecular formula is C17H25N5O12. The summed E-state index contributed by atoms with van der Waals surface area (Å²) in [7, 11) is 0. The maximum Gasteiger partial charge on any atom is 0.331 e. The van der Waals surface area contributed by atoms with Crippen molar-refractivity contribution in [2.45, 2.75) is 56.3 Å². The summed E-state index contributed by atoms with van der Waals surface area (Å²) in [6.45, 7) is 0. The Hall–Kier alpha value is -3.80. The van der Waals surface area contributed by atoms with E-state index in [0.29, 0.717) is 0 Å². The summed E-state index contributed by atoms with van der Waals surface area (Å²) in [6, 6.07) is -6.33. The fourth-order valence-corrected chi connectivity index (χ4v) is 1.92. The van der Waals surface area contributed by atoms with Crippen molar-refractivity contribution < 1.29 is 57.7 Å². The molecule has 0 aliphatic carbocycles. The van der Waals surface area contributed by atoms with Crippen LogP contribution in [0.3, 0.4) is 0 Å². The second-order valence-electron chi connectivity index (χ2n) is 6.76. The summed E-state index contributed by atoms with van der Waals surface area (Å²) in [6.07, 6.45) is -3.29. The molecule has 4 atom stereocenters. The molecule has 0 aromatic rings. The molecule has 0 fully saturated rings. The minimum absolute atomic E-state index is 0.427. The molecule has 0 spiro atoms. The number of carbonyl (C=O) groups excluding carboxylic acids is 7. The second kappa shape index (κ2) is 14.4. The number of carboxylic acids is 1. The van der Waals surface area contributed by atoms with Crippen molar-refractivity contribution >= 4 is 47.7 Å². The van der Waals surface area contributed by atoms with Gasteiger partial charge in [-0.25, -0.2) is 14.4 Å². The van der Waals surface area contributed by atoms with Crippen LogP contribution in [0.2, 0.25) is 0 Å². The zero-order valence-electron chi connectivity index (χ0n) is 17.7. The Balaban J connectivity index is 4.43. The van der Waals surface area contributed by atoms with Gasteiger partial charge in [-0.15, -0.1) is 0 Å². The number of primary amides is 1. The normalized spacial score (nSPS) is 14.0. The Morgan fingerprint density at radius 2 is 1.03 bits per heavy atom. The fraction of sp³-hybridized carbons (Fsp3) is 0.529. The highest BCUT2D eigenvalue weighted by molar-refractivity contribution is 5.95. The summed E-state index contributed by atoms with van der Waals surface area (Å²) in [5, 5.41) is 8.58. The summed E-state index contributed by atoms with van der Waals surface area (Å²) in [5.74, 6) is -10.1. The van der Waals surface area contributed by atoms with Crippen molar-refractivity contribution in [2.75, 3.05) is 0 Å². The van der Waals surface area contributed by atoms with E-state index in [4.69, 9.17) is 33.8 Å². The Morgan fingerprint density at radius 1 is 0.588 bits per heavy atom. The smallest absolute Gasteiger partial charge is 0.331 e. The van der Waals surface area contributed by atoms with Crippen LogP contribution >= 0.6 is 0 Å². The third kappa shape index (κ3) is 12.3. The molecule has 17 nitrogen and oxygen atoms in total. The standard InChI is InChI=1S/C17H25N5O12/c18-6(15(29)33-13(26)4-7(19)14(27)28)1-2-11(24)32-12(25)5-9(21)17(31)34-16(30)8(20)3-10(22)23/h6-9H,1-5,18-21H2,(H2,22,23)(H,27,28)/t6-,7-,8-,9-/m0/s1. The van der Waals surface area contributed by atoms with E-state index >= 15 is 0 Å². The van der Waals surface area contributed by atoms with Crippen molar-refractivity contribution in [2.24, 2.45) is 28.7 Å². The van der Waals surface area contributed by atoms with Gasteiger partial charge in [0, 0.05) is 6.42 Å². The molecule has 17 heteroatoms. The van der Waals surface area contributed by atoms with E-state index in [1.54, 1.807) is 0 Å². The molecule has 190 valence electrons. The highest BCUT2D eigenvalue weighted by Crippen LogP contribution is 2.04. The SMILES string of the molecule is NC(=O)C[C@H](N)C(=O)OC(=O)[C@@H](N)CC(=O)OC(=O)CC[C@H](N)C(=O)OC(=O)C[C@H](N)C(=O)O. The molecule has 0 aliphatic rings. The van der Waals surface area contributed by atoms with Gasteiger partial charge in [0.25, 0.3) is 0 Å². The third-order valence-corrected chi connectivity index (χ3v) is 3.72. The maximum absolute atomic E-state index is 11.7. The van der Waals surface area contributed by atoms with Crippen LogP contribution in [0.1, 0.15) is 32.1 Å². The van der Waals surface area contributed by atoms with Crippen LogP contribution in [0.25, 0.3) is 0 Å². The fourth-order valence-electron chi connectivity index (χ4n) is 1.92. The van der Waals surface area contributed by atoms with Gasteiger partial charge in [-0.1, -0.05) is 0 Å². The summed E-state index contributed by atoms with van der Waals surface area (Å²) >= 11 is 0. The molecule has 0 saturated carbocycles. The number of hydrogen-bond donors (Lipinski definition) is 6. The predicted octanol–water partition coefficient (Wildman–Crippen LogP) is -4.97. The van der Waals surface area contributed by atoms with Gasteiger partial charge >= 0.3 is 41.8 Å². The molecular weight excluding hydrogens is 466 g/mol. The largest absolute Gasteiger partial charge is 0.480 e. The third-order valence-electron chi connectivity index (χ3n) is 3.72. The van der Waals surface area contributed by atoms with Crippen LogP contribution in [0.4, 0.5) is 0 Å². The zero-order chi connectivity index (χ0) is 26.6. The number of amides is 1. The van der Waals surface area contributed by atoms with Gasteiger partial charge in [-0.05, 0) is 6.42 Å².